The van der Waals surface area contributed by atoms with Gasteiger partial charge >= 0.3 is 0 Å². The van der Waals surface area contributed by atoms with Crippen LogP contribution in [0.5, 0.6) is 11.5 Å². The van der Waals surface area contributed by atoms with Crippen molar-refractivity contribution < 1.29 is 14.3 Å². The second kappa shape index (κ2) is 7.93. The summed E-state index contributed by atoms with van der Waals surface area (Å²) < 4.78 is 12.2. The predicted molar refractivity (Wildman–Crippen MR) is 106 cm³/mol. The molecule has 0 aliphatic carbocycles. The van der Waals surface area contributed by atoms with Gasteiger partial charge in [-0.25, -0.2) is 0 Å². The quantitative estimate of drug-likeness (QED) is 0.444. The second-order valence-corrected chi connectivity index (χ2v) is 7.24. The molecule has 1 heterocycles. The van der Waals surface area contributed by atoms with E-state index >= 15 is 0 Å². The van der Waals surface area contributed by atoms with Crippen LogP contribution in [0.2, 0.25) is 0 Å². The minimum atomic E-state index is 0.0571. The third-order valence-electron chi connectivity index (χ3n) is 3.55. The standard InChI is InChI=1S/C20H17BrO3S/c1-3-9-24-20-15(21)10-13(11-16(20)23-4-2)12-18-19(22)14-7-5-6-8-17(14)25-18/h3,5-8,10-12H,1,4,9H2,2H3/b18-12-. The third-order valence-corrected chi connectivity index (χ3v) is 5.24. The summed E-state index contributed by atoms with van der Waals surface area (Å²) in [5.41, 5.74) is 1.64. The lowest BCUT2D eigenvalue weighted by Crippen LogP contribution is -2.00. The van der Waals surface area contributed by atoms with E-state index in [1.165, 1.54) is 11.8 Å². The number of thioether (sulfide) groups is 1. The average Bonchev–Trinajstić information content (AvgIpc) is 2.91. The number of fused-ring (bicyclic) bond motifs is 1. The minimum Gasteiger partial charge on any atom is -0.490 e. The first-order chi connectivity index (χ1) is 12.1. The lowest BCUT2D eigenvalue weighted by Gasteiger charge is -2.13. The van der Waals surface area contributed by atoms with Crippen molar-refractivity contribution >= 4 is 39.6 Å². The maximum atomic E-state index is 12.5. The molecule has 0 aromatic heterocycles. The molecule has 0 unspecified atom stereocenters. The number of carbonyl (C=O) groups excluding carboxylic acids is 1. The Morgan fingerprint density at radius 1 is 1.24 bits per heavy atom. The Morgan fingerprint density at radius 2 is 2.04 bits per heavy atom. The summed E-state index contributed by atoms with van der Waals surface area (Å²) in [5.74, 6) is 1.33. The van der Waals surface area contributed by atoms with E-state index in [-0.39, 0.29) is 5.78 Å². The van der Waals surface area contributed by atoms with Gasteiger partial charge in [0.2, 0.25) is 5.78 Å². The van der Waals surface area contributed by atoms with Crippen LogP contribution in [0.4, 0.5) is 0 Å². The number of hydrogen-bond donors (Lipinski definition) is 0. The number of halogens is 1. The summed E-state index contributed by atoms with van der Waals surface area (Å²) in [5, 5.41) is 0. The molecule has 3 nitrogen and oxygen atoms in total. The molecule has 2 aromatic rings. The van der Waals surface area contributed by atoms with Crippen molar-refractivity contribution in [3.8, 4) is 11.5 Å². The largest absolute Gasteiger partial charge is 0.490 e. The van der Waals surface area contributed by atoms with Crippen LogP contribution in [-0.4, -0.2) is 19.0 Å². The van der Waals surface area contributed by atoms with Gasteiger partial charge in [0, 0.05) is 10.5 Å². The number of rotatable bonds is 6. The van der Waals surface area contributed by atoms with E-state index in [2.05, 4.69) is 22.5 Å². The highest BCUT2D eigenvalue weighted by molar-refractivity contribution is 9.10. The highest BCUT2D eigenvalue weighted by Gasteiger charge is 2.25. The van der Waals surface area contributed by atoms with Crippen molar-refractivity contribution in [2.45, 2.75) is 11.8 Å². The molecule has 0 fully saturated rings. The average molecular weight is 417 g/mol. The minimum absolute atomic E-state index is 0.0571. The lowest BCUT2D eigenvalue weighted by molar-refractivity contribution is 0.104. The zero-order valence-electron chi connectivity index (χ0n) is 13.8. The van der Waals surface area contributed by atoms with Crippen molar-refractivity contribution in [3.05, 3.63) is 69.6 Å². The monoisotopic (exact) mass is 416 g/mol. The number of benzene rings is 2. The van der Waals surface area contributed by atoms with Gasteiger partial charge in [0.25, 0.3) is 0 Å². The summed E-state index contributed by atoms with van der Waals surface area (Å²) in [6, 6.07) is 11.5. The van der Waals surface area contributed by atoms with Gasteiger partial charge in [-0.2, -0.15) is 0 Å². The number of ketones is 1. The highest BCUT2D eigenvalue weighted by atomic mass is 79.9. The fraction of sp³-hybridized carbons (Fsp3) is 0.150. The van der Waals surface area contributed by atoms with Gasteiger partial charge < -0.3 is 9.47 Å². The summed E-state index contributed by atoms with van der Waals surface area (Å²) in [7, 11) is 0. The summed E-state index contributed by atoms with van der Waals surface area (Å²) in [4.78, 5) is 14.2. The molecule has 1 aliphatic heterocycles. The Hall–Kier alpha value is -1.98. The molecule has 0 saturated carbocycles. The van der Waals surface area contributed by atoms with Gasteiger partial charge in [-0.1, -0.05) is 36.5 Å². The van der Waals surface area contributed by atoms with E-state index in [0.29, 0.717) is 29.6 Å². The van der Waals surface area contributed by atoms with E-state index < -0.39 is 0 Å². The SMILES string of the molecule is C=CCOc1c(Br)cc(/C=C2\Sc3ccccc3C2=O)cc1OCC. The summed E-state index contributed by atoms with van der Waals surface area (Å²) in [6.45, 7) is 6.50. The van der Waals surface area contributed by atoms with Gasteiger partial charge in [-0.05, 0) is 58.8 Å². The Kier molecular flexibility index (Phi) is 5.66. The van der Waals surface area contributed by atoms with E-state index in [1.807, 2.05) is 49.4 Å². The van der Waals surface area contributed by atoms with Gasteiger partial charge in [0.1, 0.15) is 6.61 Å². The fourth-order valence-electron chi connectivity index (χ4n) is 2.50. The molecule has 2 aromatic carbocycles. The topological polar surface area (TPSA) is 35.5 Å². The van der Waals surface area contributed by atoms with Crippen LogP contribution in [0.25, 0.3) is 6.08 Å². The fourth-order valence-corrected chi connectivity index (χ4v) is 4.13. The molecular formula is C20H17BrO3S. The number of ether oxygens (including phenoxy) is 2. The van der Waals surface area contributed by atoms with Gasteiger partial charge in [0.15, 0.2) is 11.5 Å². The molecule has 25 heavy (non-hydrogen) atoms. The molecule has 0 atom stereocenters. The molecule has 0 radical (unpaired) electrons. The van der Waals surface area contributed by atoms with Gasteiger partial charge in [0.05, 0.1) is 16.0 Å². The number of hydrogen-bond acceptors (Lipinski definition) is 4. The summed E-state index contributed by atoms with van der Waals surface area (Å²) in [6.07, 6.45) is 3.57. The molecule has 0 N–H and O–H groups in total. The molecule has 3 rings (SSSR count). The van der Waals surface area contributed by atoms with Crippen molar-refractivity contribution in [3.63, 3.8) is 0 Å². The molecule has 0 spiro atoms. The smallest absolute Gasteiger partial charge is 0.200 e. The zero-order valence-corrected chi connectivity index (χ0v) is 16.2. The van der Waals surface area contributed by atoms with Crippen LogP contribution < -0.4 is 9.47 Å². The lowest BCUT2D eigenvalue weighted by atomic mass is 10.1. The second-order valence-electron chi connectivity index (χ2n) is 5.30. The number of Topliss-reactive ketones (excluding diaryl/α,β-unsaturated/α-hetero) is 1. The zero-order chi connectivity index (χ0) is 17.8. The van der Waals surface area contributed by atoms with Crippen molar-refractivity contribution in [1.29, 1.82) is 0 Å². The van der Waals surface area contributed by atoms with Crippen LogP contribution >= 0.6 is 27.7 Å². The molecule has 5 heteroatoms. The molecule has 128 valence electrons. The Morgan fingerprint density at radius 3 is 2.76 bits per heavy atom. The molecule has 0 amide bonds. The van der Waals surface area contributed by atoms with Gasteiger partial charge in [-0.15, -0.1) is 0 Å². The molecular weight excluding hydrogens is 400 g/mol. The Labute approximate surface area is 159 Å². The molecule has 0 saturated heterocycles. The predicted octanol–water partition coefficient (Wildman–Crippen LogP) is 5.74. The highest BCUT2D eigenvalue weighted by Crippen LogP contribution is 2.42. The summed E-state index contributed by atoms with van der Waals surface area (Å²) >= 11 is 5.02. The van der Waals surface area contributed by atoms with Crippen molar-refractivity contribution in [2.24, 2.45) is 0 Å². The number of allylic oxidation sites excluding steroid dienone is 1. The normalized spacial score (nSPS) is 14.5. The van der Waals surface area contributed by atoms with E-state index in [4.69, 9.17) is 9.47 Å². The maximum absolute atomic E-state index is 12.5. The third kappa shape index (κ3) is 3.83. The Bertz CT molecular complexity index is 858. The van der Waals surface area contributed by atoms with Crippen molar-refractivity contribution in [1.82, 2.24) is 0 Å². The van der Waals surface area contributed by atoms with E-state index in [9.17, 15) is 4.79 Å². The van der Waals surface area contributed by atoms with Crippen LogP contribution in [0, 0.1) is 0 Å². The first-order valence-corrected chi connectivity index (χ1v) is 9.48. The van der Waals surface area contributed by atoms with Crippen LogP contribution in [0.3, 0.4) is 0 Å². The molecule has 1 aliphatic rings. The van der Waals surface area contributed by atoms with E-state index in [1.54, 1.807) is 6.08 Å². The number of carbonyl (C=O) groups is 1. The first kappa shape index (κ1) is 17.8. The van der Waals surface area contributed by atoms with Crippen LogP contribution in [-0.2, 0) is 0 Å². The maximum Gasteiger partial charge on any atom is 0.200 e. The van der Waals surface area contributed by atoms with E-state index in [0.717, 1.165) is 20.5 Å². The van der Waals surface area contributed by atoms with Gasteiger partial charge in [-0.3, -0.25) is 4.79 Å². The Balaban J connectivity index is 1.96. The van der Waals surface area contributed by atoms with Crippen LogP contribution in [0.1, 0.15) is 22.8 Å². The van der Waals surface area contributed by atoms with Crippen molar-refractivity contribution in [2.75, 3.05) is 13.2 Å². The first-order valence-electron chi connectivity index (χ1n) is 7.87. The molecule has 0 bridgehead atoms. The van der Waals surface area contributed by atoms with Crippen LogP contribution in [0.15, 0.2) is 63.3 Å².